The number of hydrogen-bond donors (Lipinski definition) is 1. The number of anilines is 1. The van der Waals surface area contributed by atoms with Gasteiger partial charge in [-0.15, -0.1) is 0 Å². The van der Waals surface area contributed by atoms with Gasteiger partial charge in [-0.05, 0) is 24.3 Å². The Labute approximate surface area is 142 Å². The molecule has 0 radical (unpaired) electrons. The molecule has 3 aromatic rings. The van der Waals surface area contributed by atoms with Crippen LogP contribution >= 0.6 is 0 Å². The first-order valence-corrected chi connectivity index (χ1v) is 7.79. The molecule has 0 spiro atoms. The van der Waals surface area contributed by atoms with Crippen LogP contribution in [0.3, 0.4) is 0 Å². The SMILES string of the molecule is O=C(Nc1ccc2c(c1)OCO2)c1ncn2c1COc1ccccc1-2. The van der Waals surface area contributed by atoms with Gasteiger partial charge in [-0.2, -0.15) is 0 Å². The van der Waals surface area contributed by atoms with E-state index in [1.807, 2.05) is 28.8 Å². The Morgan fingerprint density at radius 3 is 2.88 bits per heavy atom. The molecule has 0 bridgehead atoms. The molecule has 2 aliphatic heterocycles. The molecule has 0 aliphatic carbocycles. The van der Waals surface area contributed by atoms with Crippen molar-refractivity contribution in [1.82, 2.24) is 9.55 Å². The normalized spacial score (nSPS) is 13.6. The summed E-state index contributed by atoms with van der Waals surface area (Å²) in [5.41, 5.74) is 2.55. The monoisotopic (exact) mass is 335 g/mol. The van der Waals surface area contributed by atoms with Gasteiger partial charge in [0.1, 0.15) is 18.7 Å². The number of nitrogens with zero attached hydrogens (tertiary/aromatic N) is 2. The van der Waals surface area contributed by atoms with Crippen LogP contribution in [0.2, 0.25) is 0 Å². The topological polar surface area (TPSA) is 74.6 Å². The fraction of sp³-hybridized carbons (Fsp3) is 0.111. The summed E-state index contributed by atoms with van der Waals surface area (Å²) in [5.74, 6) is 1.76. The summed E-state index contributed by atoms with van der Waals surface area (Å²) in [5, 5.41) is 2.84. The molecule has 7 heteroatoms. The number of hydrogen-bond acceptors (Lipinski definition) is 5. The first-order chi connectivity index (χ1) is 12.3. The highest BCUT2D eigenvalue weighted by Crippen LogP contribution is 2.35. The minimum atomic E-state index is -0.296. The van der Waals surface area contributed by atoms with Crippen molar-refractivity contribution in [3.8, 4) is 22.9 Å². The number of aromatic nitrogens is 2. The van der Waals surface area contributed by atoms with Crippen molar-refractivity contribution in [3.63, 3.8) is 0 Å². The second-order valence-electron chi connectivity index (χ2n) is 5.69. The van der Waals surface area contributed by atoms with E-state index in [2.05, 4.69) is 10.3 Å². The van der Waals surface area contributed by atoms with Crippen molar-refractivity contribution in [2.75, 3.05) is 12.1 Å². The Hall–Kier alpha value is -3.48. The highest BCUT2D eigenvalue weighted by Gasteiger charge is 2.25. The molecule has 1 N–H and O–H groups in total. The Bertz CT molecular complexity index is 996. The molecule has 2 aromatic carbocycles. The van der Waals surface area contributed by atoms with Gasteiger partial charge in [0.25, 0.3) is 5.91 Å². The zero-order valence-corrected chi connectivity index (χ0v) is 13.1. The van der Waals surface area contributed by atoms with Crippen molar-refractivity contribution >= 4 is 11.6 Å². The van der Waals surface area contributed by atoms with Crippen LogP contribution in [0.5, 0.6) is 17.2 Å². The zero-order valence-electron chi connectivity index (χ0n) is 13.1. The lowest BCUT2D eigenvalue weighted by Crippen LogP contribution is -2.19. The molecule has 124 valence electrons. The predicted octanol–water partition coefficient (Wildman–Crippen LogP) is 2.75. The summed E-state index contributed by atoms with van der Waals surface area (Å²) in [4.78, 5) is 16.9. The van der Waals surface area contributed by atoms with E-state index < -0.39 is 0 Å². The van der Waals surface area contributed by atoms with Crippen molar-refractivity contribution < 1.29 is 19.0 Å². The van der Waals surface area contributed by atoms with Gasteiger partial charge in [0.2, 0.25) is 6.79 Å². The largest absolute Gasteiger partial charge is 0.485 e. The summed E-state index contributed by atoms with van der Waals surface area (Å²) >= 11 is 0. The van der Waals surface area contributed by atoms with Crippen LogP contribution in [0.4, 0.5) is 5.69 Å². The molecule has 0 saturated carbocycles. The van der Waals surface area contributed by atoms with E-state index in [1.165, 1.54) is 0 Å². The summed E-state index contributed by atoms with van der Waals surface area (Å²) in [6.45, 7) is 0.485. The summed E-state index contributed by atoms with van der Waals surface area (Å²) in [6.07, 6.45) is 1.64. The highest BCUT2D eigenvalue weighted by molar-refractivity contribution is 6.04. The van der Waals surface area contributed by atoms with Gasteiger partial charge in [-0.1, -0.05) is 12.1 Å². The molecule has 0 fully saturated rings. The summed E-state index contributed by atoms with van der Waals surface area (Å²) in [7, 11) is 0. The number of imidazole rings is 1. The Morgan fingerprint density at radius 1 is 1.04 bits per heavy atom. The maximum absolute atomic E-state index is 12.6. The van der Waals surface area contributed by atoms with E-state index in [1.54, 1.807) is 24.5 Å². The molecule has 7 nitrogen and oxygen atoms in total. The number of rotatable bonds is 2. The molecule has 5 rings (SSSR count). The summed E-state index contributed by atoms with van der Waals surface area (Å²) < 4.78 is 18.2. The third-order valence-electron chi connectivity index (χ3n) is 4.20. The molecule has 0 saturated heterocycles. The van der Waals surface area contributed by atoms with Crippen molar-refractivity contribution in [3.05, 3.63) is 60.2 Å². The zero-order chi connectivity index (χ0) is 16.8. The van der Waals surface area contributed by atoms with E-state index in [-0.39, 0.29) is 12.7 Å². The Balaban J connectivity index is 1.45. The lowest BCUT2D eigenvalue weighted by atomic mass is 10.2. The van der Waals surface area contributed by atoms with Gasteiger partial charge >= 0.3 is 0 Å². The van der Waals surface area contributed by atoms with E-state index in [9.17, 15) is 4.79 Å². The number of carbonyl (C=O) groups is 1. The van der Waals surface area contributed by atoms with Crippen LogP contribution in [0.25, 0.3) is 5.69 Å². The number of benzene rings is 2. The number of ether oxygens (including phenoxy) is 3. The molecular formula is C18H13N3O4. The van der Waals surface area contributed by atoms with Gasteiger partial charge in [0, 0.05) is 11.8 Å². The minimum Gasteiger partial charge on any atom is -0.485 e. The standard InChI is InChI=1S/C18H13N3O4/c22-18(20-11-5-6-15-16(7-11)25-10-24-15)17-13-8-23-14-4-2-1-3-12(14)21(13)9-19-17/h1-7,9H,8,10H2,(H,20,22). The number of para-hydroxylation sites is 2. The third-order valence-corrected chi connectivity index (χ3v) is 4.20. The van der Waals surface area contributed by atoms with Gasteiger partial charge < -0.3 is 19.5 Å². The van der Waals surface area contributed by atoms with E-state index >= 15 is 0 Å². The number of carbonyl (C=O) groups excluding carboxylic acids is 1. The lowest BCUT2D eigenvalue weighted by molar-refractivity contribution is 0.101. The van der Waals surface area contributed by atoms with E-state index in [0.717, 1.165) is 17.1 Å². The average molecular weight is 335 g/mol. The van der Waals surface area contributed by atoms with Crippen LogP contribution in [0.1, 0.15) is 16.2 Å². The van der Waals surface area contributed by atoms with Crippen molar-refractivity contribution in [2.45, 2.75) is 6.61 Å². The van der Waals surface area contributed by atoms with Crippen LogP contribution < -0.4 is 19.5 Å². The molecule has 1 amide bonds. The van der Waals surface area contributed by atoms with Crippen LogP contribution in [-0.4, -0.2) is 22.3 Å². The van der Waals surface area contributed by atoms with E-state index in [0.29, 0.717) is 29.5 Å². The van der Waals surface area contributed by atoms with Gasteiger partial charge in [0.05, 0.1) is 11.4 Å². The minimum absolute atomic E-state index is 0.192. The Morgan fingerprint density at radius 2 is 1.92 bits per heavy atom. The second kappa shape index (κ2) is 5.27. The molecule has 1 aromatic heterocycles. The van der Waals surface area contributed by atoms with E-state index in [4.69, 9.17) is 14.2 Å². The van der Waals surface area contributed by atoms with Crippen LogP contribution in [-0.2, 0) is 6.61 Å². The number of fused-ring (bicyclic) bond motifs is 4. The van der Waals surface area contributed by atoms with Crippen LogP contribution in [0.15, 0.2) is 48.8 Å². The highest BCUT2D eigenvalue weighted by atomic mass is 16.7. The molecular weight excluding hydrogens is 322 g/mol. The molecule has 0 unspecified atom stereocenters. The quantitative estimate of drug-likeness (QED) is 0.779. The molecule has 0 atom stereocenters. The lowest BCUT2D eigenvalue weighted by Gasteiger charge is -2.20. The predicted molar refractivity (Wildman–Crippen MR) is 88.4 cm³/mol. The third kappa shape index (κ3) is 2.20. The summed E-state index contributed by atoms with van der Waals surface area (Å²) in [6, 6.07) is 12.9. The fourth-order valence-corrected chi connectivity index (χ4v) is 3.00. The maximum atomic E-state index is 12.6. The van der Waals surface area contributed by atoms with Crippen molar-refractivity contribution in [2.24, 2.45) is 0 Å². The van der Waals surface area contributed by atoms with Crippen LogP contribution in [0, 0.1) is 0 Å². The molecule has 25 heavy (non-hydrogen) atoms. The van der Waals surface area contributed by atoms with Gasteiger partial charge in [-0.3, -0.25) is 9.36 Å². The fourth-order valence-electron chi connectivity index (χ4n) is 3.00. The first-order valence-electron chi connectivity index (χ1n) is 7.79. The average Bonchev–Trinajstić information content (AvgIpc) is 3.28. The van der Waals surface area contributed by atoms with Gasteiger partial charge in [0.15, 0.2) is 17.2 Å². The van der Waals surface area contributed by atoms with Crippen molar-refractivity contribution in [1.29, 1.82) is 0 Å². The molecule has 2 aliphatic rings. The Kier molecular flexibility index (Phi) is 2.93. The second-order valence-corrected chi connectivity index (χ2v) is 5.69. The smallest absolute Gasteiger partial charge is 0.276 e. The molecule has 3 heterocycles. The number of nitrogens with one attached hydrogen (secondary N) is 1. The maximum Gasteiger partial charge on any atom is 0.276 e. The van der Waals surface area contributed by atoms with Gasteiger partial charge in [-0.25, -0.2) is 4.98 Å². The number of amides is 1. The first kappa shape index (κ1) is 13.9.